The molecule has 1 aromatic carbocycles. The molecule has 0 aliphatic rings. The SMILES string of the molecule is Cc1cccc(-c2ccc(NC(=O)c3cnoc3)s2)c1. The Balaban J connectivity index is 1.79. The van der Waals surface area contributed by atoms with Crippen LogP contribution in [-0.4, -0.2) is 11.1 Å². The van der Waals surface area contributed by atoms with Crippen LogP contribution in [0.4, 0.5) is 5.00 Å². The number of benzene rings is 1. The Kier molecular flexibility index (Phi) is 3.35. The van der Waals surface area contributed by atoms with E-state index in [1.165, 1.54) is 29.4 Å². The lowest BCUT2D eigenvalue weighted by Crippen LogP contribution is -2.09. The second-order valence-corrected chi connectivity index (χ2v) is 5.48. The van der Waals surface area contributed by atoms with Crippen LogP contribution in [0.15, 0.2) is 53.4 Å². The van der Waals surface area contributed by atoms with Gasteiger partial charge in [-0.15, -0.1) is 11.3 Å². The third-order valence-electron chi connectivity index (χ3n) is 2.84. The molecule has 0 radical (unpaired) electrons. The summed E-state index contributed by atoms with van der Waals surface area (Å²) in [5.41, 5.74) is 2.78. The van der Waals surface area contributed by atoms with Crippen LogP contribution in [0.1, 0.15) is 15.9 Å². The van der Waals surface area contributed by atoms with Crippen LogP contribution in [-0.2, 0) is 0 Å². The zero-order chi connectivity index (χ0) is 13.9. The van der Waals surface area contributed by atoms with Crippen molar-refractivity contribution in [2.24, 2.45) is 0 Å². The minimum absolute atomic E-state index is 0.219. The summed E-state index contributed by atoms with van der Waals surface area (Å²) in [5, 5.41) is 7.14. The Bertz CT molecular complexity index is 732. The van der Waals surface area contributed by atoms with Gasteiger partial charge in [-0.2, -0.15) is 0 Å². The minimum atomic E-state index is -0.219. The summed E-state index contributed by atoms with van der Waals surface area (Å²) in [7, 11) is 0. The topological polar surface area (TPSA) is 55.1 Å². The summed E-state index contributed by atoms with van der Waals surface area (Å²) >= 11 is 1.54. The fraction of sp³-hybridized carbons (Fsp3) is 0.0667. The van der Waals surface area contributed by atoms with Crippen molar-refractivity contribution in [3.8, 4) is 10.4 Å². The van der Waals surface area contributed by atoms with Gasteiger partial charge in [0.2, 0.25) is 0 Å². The minimum Gasteiger partial charge on any atom is -0.364 e. The highest BCUT2D eigenvalue weighted by molar-refractivity contribution is 7.19. The number of nitrogens with zero attached hydrogens (tertiary/aromatic N) is 1. The quantitative estimate of drug-likeness (QED) is 0.792. The molecule has 0 saturated heterocycles. The van der Waals surface area contributed by atoms with E-state index >= 15 is 0 Å². The van der Waals surface area contributed by atoms with Gasteiger partial charge >= 0.3 is 0 Å². The molecular formula is C15H12N2O2S. The number of nitrogens with one attached hydrogen (secondary N) is 1. The molecule has 0 aliphatic carbocycles. The van der Waals surface area contributed by atoms with Crippen molar-refractivity contribution in [2.75, 3.05) is 5.32 Å². The van der Waals surface area contributed by atoms with Gasteiger partial charge in [-0.05, 0) is 24.6 Å². The molecule has 2 aromatic heterocycles. The van der Waals surface area contributed by atoms with Crippen LogP contribution >= 0.6 is 11.3 Å². The summed E-state index contributed by atoms with van der Waals surface area (Å²) in [5.74, 6) is -0.219. The second kappa shape index (κ2) is 5.30. The molecule has 0 fully saturated rings. The summed E-state index contributed by atoms with van der Waals surface area (Å²) in [6.45, 7) is 2.06. The Morgan fingerprint density at radius 3 is 2.95 bits per heavy atom. The van der Waals surface area contributed by atoms with E-state index in [2.05, 4.69) is 40.1 Å². The third kappa shape index (κ3) is 2.62. The lowest BCUT2D eigenvalue weighted by molar-refractivity contribution is 0.102. The Labute approximate surface area is 120 Å². The number of aromatic nitrogens is 1. The Morgan fingerprint density at radius 1 is 1.30 bits per heavy atom. The lowest BCUT2D eigenvalue weighted by atomic mass is 10.1. The number of hydrogen-bond donors (Lipinski definition) is 1. The first kappa shape index (κ1) is 12.6. The van der Waals surface area contributed by atoms with E-state index in [1.807, 2.05) is 18.2 Å². The molecule has 1 N–H and O–H groups in total. The van der Waals surface area contributed by atoms with Crippen molar-refractivity contribution >= 4 is 22.2 Å². The number of hydrogen-bond acceptors (Lipinski definition) is 4. The first-order chi connectivity index (χ1) is 9.72. The zero-order valence-electron chi connectivity index (χ0n) is 10.8. The number of thiophene rings is 1. The van der Waals surface area contributed by atoms with E-state index in [-0.39, 0.29) is 5.91 Å². The van der Waals surface area contributed by atoms with E-state index in [1.54, 1.807) is 0 Å². The average molecular weight is 284 g/mol. The summed E-state index contributed by atoms with van der Waals surface area (Å²) in [6.07, 6.45) is 2.72. The van der Waals surface area contributed by atoms with Crippen molar-refractivity contribution in [1.82, 2.24) is 5.16 Å². The number of carbonyl (C=O) groups excluding carboxylic acids is 1. The molecule has 0 aliphatic heterocycles. The summed E-state index contributed by atoms with van der Waals surface area (Å²) in [4.78, 5) is 13.0. The zero-order valence-corrected chi connectivity index (χ0v) is 11.6. The largest absolute Gasteiger partial charge is 0.364 e. The Hall–Kier alpha value is -2.40. The highest BCUT2D eigenvalue weighted by Gasteiger charge is 2.10. The van der Waals surface area contributed by atoms with Crippen LogP contribution in [0.5, 0.6) is 0 Å². The van der Waals surface area contributed by atoms with Crippen LogP contribution in [0.25, 0.3) is 10.4 Å². The Morgan fingerprint density at radius 2 is 2.20 bits per heavy atom. The van der Waals surface area contributed by atoms with Crippen molar-refractivity contribution in [2.45, 2.75) is 6.92 Å². The van der Waals surface area contributed by atoms with Gasteiger partial charge < -0.3 is 9.84 Å². The molecular weight excluding hydrogens is 272 g/mol. The monoisotopic (exact) mass is 284 g/mol. The van der Waals surface area contributed by atoms with Crippen molar-refractivity contribution in [1.29, 1.82) is 0 Å². The standard InChI is InChI=1S/C15H12N2O2S/c1-10-3-2-4-11(7-10)13-5-6-14(20-13)17-15(18)12-8-16-19-9-12/h2-9H,1H3,(H,17,18). The number of rotatable bonds is 3. The molecule has 1 amide bonds. The number of carbonyl (C=O) groups is 1. The smallest absolute Gasteiger partial charge is 0.261 e. The van der Waals surface area contributed by atoms with Gasteiger partial charge in [-0.1, -0.05) is 35.0 Å². The van der Waals surface area contributed by atoms with Gasteiger partial charge in [0.25, 0.3) is 5.91 Å². The van der Waals surface area contributed by atoms with E-state index in [0.717, 1.165) is 15.4 Å². The fourth-order valence-corrected chi connectivity index (χ4v) is 2.76. The first-order valence-electron chi connectivity index (χ1n) is 6.10. The van der Waals surface area contributed by atoms with Crippen molar-refractivity contribution in [3.05, 3.63) is 60.0 Å². The van der Waals surface area contributed by atoms with E-state index in [9.17, 15) is 4.79 Å². The second-order valence-electron chi connectivity index (χ2n) is 4.40. The van der Waals surface area contributed by atoms with E-state index in [4.69, 9.17) is 0 Å². The molecule has 4 nitrogen and oxygen atoms in total. The van der Waals surface area contributed by atoms with Crippen molar-refractivity contribution < 1.29 is 9.32 Å². The van der Waals surface area contributed by atoms with E-state index in [0.29, 0.717) is 5.56 Å². The highest BCUT2D eigenvalue weighted by atomic mass is 32.1. The van der Waals surface area contributed by atoms with Gasteiger partial charge in [0.05, 0.1) is 16.8 Å². The maximum absolute atomic E-state index is 11.9. The van der Waals surface area contributed by atoms with Gasteiger partial charge in [-0.25, -0.2) is 0 Å². The van der Waals surface area contributed by atoms with Crippen LogP contribution < -0.4 is 5.32 Å². The molecule has 0 atom stereocenters. The van der Waals surface area contributed by atoms with Gasteiger partial charge in [0.1, 0.15) is 6.26 Å². The van der Waals surface area contributed by atoms with Crippen LogP contribution in [0.3, 0.4) is 0 Å². The maximum Gasteiger partial charge on any atom is 0.261 e. The molecule has 100 valence electrons. The van der Waals surface area contributed by atoms with Crippen LogP contribution in [0, 0.1) is 6.92 Å². The molecule has 2 heterocycles. The molecule has 20 heavy (non-hydrogen) atoms. The molecule has 0 bridgehead atoms. The highest BCUT2D eigenvalue weighted by Crippen LogP contribution is 2.31. The van der Waals surface area contributed by atoms with E-state index < -0.39 is 0 Å². The molecule has 3 rings (SSSR count). The molecule has 0 spiro atoms. The lowest BCUT2D eigenvalue weighted by Gasteiger charge is -2.00. The summed E-state index contributed by atoms with van der Waals surface area (Å²) < 4.78 is 4.65. The molecule has 5 heteroatoms. The first-order valence-corrected chi connectivity index (χ1v) is 6.91. The normalized spacial score (nSPS) is 10.4. The predicted octanol–water partition coefficient (Wildman–Crippen LogP) is 3.96. The molecule has 0 saturated carbocycles. The number of amides is 1. The predicted molar refractivity (Wildman–Crippen MR) is 78.9 cm³/mol. The van der Waals surface area contributed by atoms with Gasteiger partial charge in [0.15, 0.2) is 0 Å². The van der Waals surface area contributed by atoms with Gasteiger partial charge in [0, 0.05) is 4.88 Å². The number of aryl methyl sites for hydroxylation is 1. The van der Waals surface area contributed by atoms with Crippen molar-refractivity contribution in [3.63, 3.8) is 0 Å². The van der Waals surface area contributed by atoms with Crippen LogP contribution in [0.2, 0.25) is 0 Å². The van der Waals surface area contributed by atoms with Gasteiger partial charge in [-0.3, -0.25) is 4.79 Å². The summed E-state index contributed by atoms with van der Waals surface area (Å²) in [6, 6.07) is 12.2. The average Bonchev–Trinajstić information content (AvgIpc) is 3.10. The maximum atomic E-state index is 11.9. The number of anilines is 1. The third-order valence-corrected chi connectivity index (χ3v) is 3.89. The molecule has 0 unspecified atom stereocenters. The molecule has 3 aromatic rings. The fourth-order valence-electron chi connectivity index (χ4n) is 1.86.